The van der Waals surface area contributed by atoms with Gasteiger partial charge in [-0.2, -0.15) is 0 Å². The lowest BCUT2D eigenvalue weighted by atomic mass is 10.3. The number of carbonyl (C=O) groups is 1. The average Bonchev–Trinajstić information content (AvgIpc) is 2.37. The third kappa shape index (κ3) is 4.53. The first-order valence-electron chi connectivity index (χ1n) is 6.05. The summed E-state index contributed by atoms with van der Waals surface area (Å²) in [5.74, 6) is -3.75. The minimum Gasteiger partial charge on any atom is -0.478 e. The smallest absolute Gasteiger partial charge is 0.261 e. The second-order valence-corrected chi connectivity index (χ2v) is 6.57. The first kappa shape index (κ1) is 17.6. The maximum Gasteiger partial charge on any atom is 0.261 e. The van der Waals surface area contributed by atoms with E-state index in [2.05, 4.69) is 0 Å². The summed E-state index contributed by atoms with van der Waals surface area (Å²) >= 11 is 0. The molecule has 1 amide bonds. The van der Waals surface area contributed by atoms with Gasteiger partial charge in [0.15, 0.2) is 24.0 Å². The Labute approximate surface area is 125 Å². The zero-order valence-electron chi connectivity index (χ0n) is 11.4. The Morgan fingerprint density at radius 1 is 1.24 bits per heavy atom. The summed E-state index contributed by atoms with van der Waals surface area (Å²) in [4.78, 5) is 12.4. The van der Waals surface area contributed by atoms with E-state index in [0.717, 1.165) is 0 Å². The molecule has 0 radical (unpaired) electrons. The standard InChI is InChI=1S/C12H14ClF2NO4S/c1-3-16(4-2)11(17)7-20-12-9(14)5-8(6-10(12)15)21(13,18)19/h5-6H,3-4,7H2,1-2H3. The molecule has 0 aromatic heterocycles. The van der Waals surface area contributed by atoms with Crippen molar-refractivity contribution >= 4 is 25.6 Å². The molecular formula is C12H14ClF2NO4S. The number of ether oxygens (including phenoxy) is 1. The van der Waals surface area contributed by atoms with Crippen LogP contribution >= 0.6 is 10.7 Å². The highest BCUT2D eigenvalue weighted by Gasteiger charge is 2.20. The second kappa shape index (κ2) is 7.04. The lowest BCUT2D eigenvalue weighted by Gasteiger charge is -2.18. The maximum atomic E-state index is 13.6. The van der Waals surface area contributed by atoms with Crippen LogP contribution in [0.3, 0.4) is 0 Å². The highest BCUT2D eigenvalue weighted by Crippen LogP contribution is 2.27. The van der Waals surface area contributed by atoms with Crippen molar-refractivity contribution in [2.24, 2.45) is 0 Å². The topological polar surface area (TPSA) is 63.7 Å². The van der Waals surface area contributed by atoms with Gasteiger partial charge in [0, 0.05) is 23.8 Å². The van der Waals surface area contributed by atoms with E-state index >= 15 is 0 Å². The number of benzene rings is 1. The molecule has 0 atom stereocenters. The largest absolute Gasteiger partial charge is 0.478 e. The summed E-state index contributed by atoms with van der Waals surface area (Å²) in [7, 11) is 0.743. The molecule has 1 rings (SSSR count). The van der Waals surface area contributed by atoms with Crippen LogP contribution in [0.15, 0.2) is 17.0 Å². The number of carbonyl (C=O) groups excluding carboxylic acids is 1. The first-order valence-corrected chi connectivity index (χ1v) is 8.35. The van der Waals surface area contributed by atoms with Gasteiger partial charge in [-0.15, -0.1) is 0 Å². The van der Waals surface area contributed by atoms with E-state index in [0.29, 0.717) is 25.2 Å². The van der Waals surface area contributed by atoms with Crippen molar-refractivity contribution in [1.82, 2.24) is 4.90 Å². The fourth-order valence-corrected chi connectivity index (χ4v) is 2.37. The zero-order chi connectivity index (χ0) is 16.2. The van der Waals surface area contributed by atoms with Crippen LogP contribution < -0.4 is 4.74 Å². The van der Waals surface area contributed by atoms with Crippen LogP contribution in [0.5, 0.6) is 5.75 Å². The number of rotatable bonds is 6. The first-order chi connectivity index (χ1) is 9.70. The molecule has 0 bridgehead atoms. The molecule has 0 spiro atoms. The predicted molar refractivity (Wildman–Crippen MR) is 72.8 cm³/mol. The lowest BCUT2D eigenvalue weighted by molar-refractivity contribution is -0.133. The van der Waals surface area contributed by atoms with Crippen LogP contribution in [0.4, 0.5) is 8.78 Å². The van der Waals surface area contributed by atoms with Crippen LogP contribution in [-0.2, 0) is 13.8 Å². The van der Waals surface area contributed by atoms with Gasteiger partial charge < -0.3 is 9.64 Å². The average molecular weight is 342 g/mol. The molecule has 0 aliphatic heterocycles. The van der Waals surface area contributed by atoms with Gasteiger partial charge in [-0.3, -0.25) is 4.79 Å². The number of halogens is 3. The van der Waals surface area contributed by atoms with Gasteiger partial charge in [-0.25, -0.2) is 17.2 Å². The molecular weight excluding hydrogens is 328 g/mol. The van der Waals surface area contributed by atoms with Gasteiger partial charge in [-0.05, 0) is 26.0 Å². The second-order valence-electron chi connectivity index (χ2n) is 4.01. The van der Waals surface area contributed by atoms with Gasteiger partial charge >= 0.3 is 0 Å². The molecule has 0 saturated heterocycles. The summed E-state index contributed by atoms with van der Waals surface area (Å²) in [6.07, 6.45) is 0. The minimum atomic E-state index is -4.26. The van der Waals surface area contributed by atoms with Crippen molar-refractivity contribution in [3.05, 3.63) is 23.8 Å². The monoisotopic (exact) mass is 341 g/mol. The Kier molecular flexibility index (Phi) is 5.91. The van der Waals surface area contributed by atoms with Crippen molar-refractivity contribution in [3.8, 4) is 5.75 Å². The number of likely N-dealkylation sites (N-methyl/N-ethyl adjacent to an activating group) is 1. The Balaban J connectivity index is 2.93. The van der Waals surface area contributed by atoms with Crippen LogP contribution in [0, 0.1) is 11.6 Å². The third-order valence-corrected chi connectivity index (χ3v) is 4.04. The van der Waals surface area contributed by atoms with Crippen molar-refractivity contribution in [3.63, 3.8) is 0 Å². The van der Waals surface area contributed by atoms with Crippen LogP contribution in [0.25, 0.3) is 0 Å². The minimum absolute atomic E-state index is 0.437. The van der Waals surface area contributed by atoms with Gasteiger partial charge in [0.1, 0.15) is 0 Å². The fourth-order valence-electron chi connectivity index (χ4n) is 1.62. The Bertz CT molecular complexity index is 609. The summed E-state index contributed by atoms with van der Waals surface area (Å²) in [6.45, 7) is 3.83. The molecule has 1 aromatic rings. The molecule has 0 aliphatic carbocycles. The van der Waals surface area contributed by atoms with Gasteiger partial charge in [0.25, 0.3) is 15.0 Å². The molecule has 118 valence electrons. The lowest BCUT2D eigenvalue weighted by Crippen LogP contribution is -2.34. The molecule has 0 fully saturated rings. The molecule has 21 heavy (non-hydrogen) atoms. The van der Waals surface area contributed by atoms with E-state index in [-0.39, 0.29) is 0 Å². The van der Waals surface area contributed by atoms with Crippen LogP contribution in [-0.4, -0.2) is 38.9 Å². The van der Waals surface area contributed by atoms with E-state index in [1.165, 1.54) is 4.90 Å². The number of hydrogen-bond donors (Lipinski definition) is 0. The van der Waals surface area contributed by atoms with Gasteiger partial charge in [0.2, 0.25) is 0 Å². The molecule has 0 saturated carbocycles. The highest BCUT2D eigenvalue weighted by atomic mass is 35.7. The Morgan fingerprint density at radius 3 is 2.10 bits per heavy atom. The summed E-state index contributed by atoms with van der Waals surface area (Å²) in [5, 5.41) is 0. The zero-order valence-corrected chi connectivity index (χ0v) is 13.0. The van der Waals surface area contributed by atoms with Crippen molar-refractivity contribution in [2.45, 2.75) is 18.7 Å². The Hall–Kier alpha value is -1.41. The Morgan fingerprint density at radius 2 is 1.71 bits per heavy atom. The van der Waals surface area contributed by atoms with E-state index in [1.807, 2.05) is 0 Å². The summed E-state index contributed by atoms with van der Waals surface area (Å²) < 4.78 is 54.1. The summed E-state index contributed by atoms with van der Waals surface area (Å²) in [5.41, 5.74) is 0. The van der Waals surface area contributed by atoms with Crippen molar-refractivity contribution in [1.29, 1.82) is 0 Å². The molecule has 0 aliphatic rings. The SMILES string of the molecule is CCN(CC)C(=O)COc1c(F)cc(S(=O)(=O)Cl)cc1F. The van der Waals surface area contributed by atoms with E-state index in [9.17, 15) is 22.0 Å². The van der Waals surface area contributed by atoms with E-state index in [1.54, 1.807) is 13.8 Å². The number of nitrogens with zero attached hydrogens (tertiary/aromatic N) is 1. The predicted octanol–water partition coefficient (Wildman–Crippen LogP) is 2.14. The molecule has 5 nitrogen and oxygen atoms in total. The molecule has 0 heterocycles. The maximum absolute atomic E-state index is 13.6. The quantitative estimate of drug-likeness (QED) is 0.744. The molecule has 0 N–H and O–H groups in total. The summed E-state index contributed by atoms with van der Waals surface area (Å²) in [6, 6.07) is 1.06. The number of amides is 1. The molecule has 0 unspecified atom stereocenters. The van der Waals surface area contributed by atoms with Crippen molar-refractivity contribution in [2.75, 3.05) is 19.7 Å². The van der Waals surface area contributed by atoms with Crippen LogP contribution in [0.1, 0.15) is 13.8 Å². The van der Waals surface area contributed by atoms with Crippen molar-refractivity contribution < 1.29 is 26.7 Å². The molecule has 9 heteroatoms. The molecule has 1 aromatic carbocycles. The van der Waals surface area contributed by atoms with Crippen LogP contribution in [0.2, 0.25) is 0 Å². The van der Waals surface area contributed by atoms with Gasteiger partial charge in [0.05, 0.1) is 4.90 Å². The normalized spacial score (nSPS) is 11.3. The van der Waals surface area contributed by atoms with Gasteiger partial charge in [-0.1, -0.05) is 0 Å². The van der Waals surface area contributed by atoms with E-state index in [4.69, 9.17) is 15.4 Å². The van der Waals surface area contributed by atoms with E-state index < -0.39 is 43.8 Å². The third-order valence-electron chi connectivity index (χ3n) is 2.71. The highest BCUT2D eigenvalue weighted by molar-refractivity contribution is 8.13. The fraction of sp³-hybridized carbons (Fsp3) is 0.417. The number of hydrogen-bond acceptors (Lipinski definition) is 4.